The summed E-state index contributed by atoms with van der Waals surface area (Å²) >= 11 is 12.1. The summed E-state index contributed by atoms with van der Waals surface area (Å²) in [5.74, 6) is 0. The number of halogens is 2. The fourth-order valence-electron chi connectivity index (χ4n) is 5.75. The number of nitro benzene ring substituents is 2. The Morgan fingerprint density at radius 3 is 1.41 bits per heavy atom. The van der Waals surface area contributed by atoms with Crippen LogP contribution in [0.4, 0.5) is 11.4 Å². The summed E-state index contributed by atoms with van der Waals surface area (Å²) in [4.78, 5) is 25.3. The molecule has 6 rings (SSSR count). The van der Waals surface area contributed by atoms with Crippen molar-refractivity contribution in [3.05, 3.63) is 148 Å². The maximum Gasteiger partial charge on any atom is 0.269 e. The Labute approximate surface area is 267 Å². The van der Waals surface area contributed by atoms with E-state index in [1.165, 1.54) is 33.4 Å². The number of fused-ring (bicyclic) bond motifs is 2. The molecule has 44 heavy (non-hydrogen) atoms. The zero-order chi connectivity index (χ0) is 31.4. The van der Waals surface area contributed by atoms with Crippen molar-refractivity contribution in [2.75, 3.05) is 13.1 Å². The van der Waals surface area contributed by atoms with Crippen LogP contribution in [0.1, 0.15) is 44.5 Å². The molecule has 0 saturated carbocycles. The van der Waals surface area contributed by atoms with Crippen LogP contribution >= 0.6 is 23.2 Å². The lowest BCUT2D eigenvalue weighted by Crippen LogP contribution is -2.30. The molecule has 0 atom stereocenters. The molecule has 0 radical (unpaired) electrons. The quantitative estimate of drug-likeness (QED) is 0.157. The van der Waals surface area contributed by atoms with Crippen LogP contribution in [0.25, 0.3) is 0 Å². The Balaban J connectivity index is 0.000000175. The van der Waals surface area contributed by atoms with E-state index in [1.54, 1.807) is 24.3 Å². The maximum absolute atomic E-state index is 10.7. The van der Waals surface area contributed by atoms with Crippen molar-refractivity contribution in [3.8, 4) is 0 Å². The Morgan fingerprint density at radius 1 is 0.614 bits per heavy atom. The van der Waals surface area contributed by atoms with Crippen molar-refractivity contribution in [3.63, 3.8) is 0 Å². The topological polar surface area (TPSA) is 92.8 Å². The molecule has 4 aromatic rings. The molecule has 10 heteroatoms. The van der Waals surface area contributed by atoms with Gasteiger partial charge in [0.1, 0.15) is 0 Å². The van der Waals surface area contributed by atoms with Gasteiger partial charge in [0.25, 0.3) is 11.4 Å². The van der Waals surface area contributed by atoms with Crippen LogP contribution in [0.2, 0.25) is 10.0 Å². The molecule has 0 spiro atoms. The first-order valence-corrected chi connectivity index (χ1v) is 15.3. The molecule has 0 unspecified atom stereocenters. The average Bonchev–Trinajstić information content (AvgIpc) is 2.99. The number of aryl methyl sites for hydroxylation is 2. The Kier molecular flexibility index (Phi) is 9.96. The fraction of sp³-hybridized carbons (Fsp3) is 0.294. The third kappa shape index (κ3) is 7.81. The number of benzene rings is 4. The highest BCUT2D eigenvalue weighted by molar-refractivity contribution is 6.42. The van der Waals surface area contributed by atoms with Gasteiger partial charge in [-0.3, -0.25) is 30.0 Å². The summed E-state index contributed by atoms with van der Waals surface area (Å²) in [5, 5.41) is 22.5. The molecule has 4 aromatic carbocycles. The summed E-state index contributed by atoms with van der Waals surface area (Å²) in [6, 6.07) is 22.1. The fourth-order valence-corrected chi connectivity index (χ4v) is 6.13. The van der Waals surface area contributed by atoms with Gasteiger partial charge in [-0.05, 0) is 83.3 Å². The van der Waals surface area contributed by atoms with Crippen LogP contribution in [-0.2, 0) is 39.0 Å². The molecule has 8 nitrogen and oxygen atoms in total. The second-order valence-electron chi connectivity index (χ2n) is 11.5. The number of rotatable bonds is 6. The van der Waals surface area contributed by atoms with Crippen LogP contribution < -0.4 is 0 Å². The lowest BCUT2D eigenvalue weighted by Gasteiger charge is -2.29. The molecule has 2 aliphatic heterocycles. The van der Waals surface area contributed by atoms with E-state index in [4.69, 9.17) is 23.2 Å². The zero-order valence-corrected chi connectivity index (χ0v) is 26.3. The van der Waals surface area contributed by atoms with Crippen molar-refractivity contribution < 1.29 is 9.85 Å². The largest absolute Gasteiger partial charge is 0.294 e. The van der Waals surface area contributed by atoms with E-state index < -0.39 is 0 Å². The van der Waals surface area contributed by atoms with E-state index in [2.05, 4.69) is 35.8 Å². The predicted molar refractivity (Wildman–Crippen MR) is 174 cm³/mol. The predicted octanol–water partition coefficient (Wildman–Crippen LogP) is 8.23. The van der Waals surface area contributed by atoms with Gasteiger partial charge in [-0.1, -0.05) is 59.6 Å². The highest BCUT2D eigenvalue weighted by Crippen LogP contribution is 2.30. The first-order valence-electron chi connectivity index (χ1n) is 14.5. The van der Waals surface area contributed by atoms with Gasteiger partial charge < -0.3 is 0 Å². The molecule has 0 amide bonds. The van der Waals surface area contributed by atoms with E-state index in [9.17, 15) is 20.2 Å². The highest BCUT2D eigenvalue weighted by Gasteiger charge is 2.19. The van der Waals surface area contributed by atoms with Gasteiger partial charge >= 0.3 is 0 Å². The van der Waals surface area contributed by atoms with Gasteiger partial charge in [-0.15, -0.1) is 0 Å². The van der Waals surface area contributed by atoms with Crippen LogP contribution in [0.15, 0.2) is 72.8 Å². The maximum atomic E-state index is 10.7. The molecule has 0 saturated heterocycles. The minimum absolute atomic E-state index is 0.120. The summed E-state index contributed by atoms with van der Waals surface area (Å²) in [7, 11) is 0. The molecule has 0 bridgehead atoms. The third-order valence-corrected chi connectivity index (χ3v) is 9.07. The molecule has 0 aliphatic carbocycles. The smallest absolute Gasteiger partial charge is 0.269 e. The number of hydrogen-bond acceptors (Lipinski definition) is 6. The number of non-ortho nitro benzene ring substituents is 2. The lowest BCUT2D eigenvalue weighted by atomic mass is 9.94. The standard InChI is InChI=1S/C18H20N2O2.C16H14Cl2N2O2/c1-13-9-16-7-8-19(12-17(16)10-14(13)2)11-15-3-5-18(6-4-15)20(21)22;17-15-7-12-5-6-19(10-13(12)8-16(15)18)9-11-1-3-14(4-2-11)20(21)22/h3-6,9-10H,7-8,11-12H2,1-2H3;1-4,7-8H,5-6,9-10H2. The van der Waals surface area contributed by atoms with E-state index in [-0.39, 0.29) is 21.2 Å². The number of nitrogens with zero attached hydrogens (tertiary/aromatic N) is 4. The molecule has 2 heterocycles. The third-order valence-electron chi connectivity index (χ3n) is 8.35. The molecule has 0 N–H and O–H groups in total. The van der Waals surface area contributed by atoms with Gasteiger partial charge in [0.2, 0.25) is 0 Å². The van der Waals surface area contributed by atoms with Crippen LogP contribution in [0.3, 0.4) is 0 Å². The summed E-state index contributed by atoms with van der Waals surface area (Å²) < 4.78 is 0. The van der Waals surface area contributed by atoms with E-state index in [1.807, 2.05) is 36.4 Å². The van der Waals surface area contributed by atoms with Crippen molar-refractivity contribution in [1.29, 1.82) is 0 Å². The van der Waals surface area contributed by atoms with Gasteiger partial charge in [0.15, 0.2) is 0 Å². The van der Waals surface area contributed by atoms with E-state index in [0.29, 0.717) is 10.0 Å². The molecule has 0 fully saturated rings. The van der Waals surface area contributed by atoms with Gasteiger partial charge in [0.05, 0.1) is 19.9 Å². The molecule has 2 aliphatic rings. The second-order valence-corrected chi connectivity index (χ2v) is 12.3. The van der Waals surface area contributed by atoms with Crippen molar-refractivity contribution in [1.82, 2.24) is 9.80 Å². The van der Waals surface area contributed by atoms with E-state index in [0.717, 1.165) is 63.2 Å². The summed E-state index contributed by atoms with van der Waals surface area (Å²) in [5.41, 5.74) is 10.5. The molecular weight excluding hydrogens is 599 g/mol. The Hall–Kier alpha value is -3.82. The van der Waals surface area contributed by atoms with Gasteiger partial charge in [0, 0.05) is 63.5 Å². The van der Waals surface area contributed by atoms with Crippen molar-refractivity contribution >= 4 is 34.6 Å². The van der Waals surface area contributed by atoms with Gasteiger partial charge in [-0.2, -0.15) is 0 Å². The van der Waals surface area contributed by atoms with E-state index >= 15 is 0 Å². The van der Waals surface area contributed by atoms with Crippen molar-refractivity contribution in [2.24, 2.45) is 0 Å². The Bertz CT molecular complexity index is 1550. The second kappa shape index (κ2) is 13.9. The van der Waals surface area contributed by atoms with Crippen LogP contribution in [-0.4, -0.2) is 32.7 Å². The molecular formula is C34H34Cl2N4O4. The molecule has 228 valence electrons. The normalized spacial score (nSPS) is 14.6. The lowest BCUT2D eigenvalue weighted by molar-refractivity contribution is -0.385. The summed E-state index contributed by atoms with van der Waals surface area (Å²) in [6.45, 7) is 9.65. The SMILES string of the molecule is Cc1cc2c(cc1C)CN(Cc1ccc([N+](=O)[O-])cc1)CC2.O=[N+]([O-])c1ccc(CN2CCc3cc(Cl)c(Cl)cc3C2)cc1. The summed E-state index contributed by atoms with van der Waals surface area (Å²) in [6.07, 6.45) is 2.00. The minimum atomic E-state index is -0.382. The number of nitro groups is 2. The molecule has 0 aromatic heterocycles. The van der Waals surface area contributed by atoms with Gasteiger partial charge in [-0.25, -0.2) is 0 Å². The zero-order valence-electron chi connectivity index (χ0n) is 24.8. The first-order chi connectivity index (χ1) is 21.0. The average molecular weight is 634 g/mol. The highest BCUT2D eigenvalue weighted by atomic mass is 35.5. The van der Waals surface area contributed by atoms with Crippen molar-refractivity contribution in [2.45, 2.75) is 52.9 Å². The van der Waals surface area contributed by atoms with Crippen LogP contribution in [0.5, 0.6) is 0 Å². The first kappa shape index (κ1) is 31.6. The number of hydrogen-bond donors (Lipinski definition) is 0. The monoisotopic (exact) mass is 632 g/mol. The Morgan fingerprint density at radius 2 is 0.977 bits per heavy atom. The minimum Gasteiger partial charge on any atom is -0.294 e. The van der Waals surface area contributed by atoms with Crippen LogP contribution in [0, 0.1) is 34.1 Å².